The van der Waals surface area contributed by atoms with Gasteiger partial charge in [-0.1, -0.05) is 72.8 Å². The Balaban J connectivity index is 0.000000215. The fraction of sp³-hybridized carbons (Fsp3) is 0.0312. The van der Waals surface area contributed by atoms with E-state index in [-0.39, 0.29) is 4.90 Å². The summed E-state index contributed by atoms with van der Waals surface area (Å²) in [6, 6.07) is 49.3. The van der Waals surface area contributed by atoms with Gasteiger partial charge in [0.15, 0.2) is 0 Å². The minimum atomic E-state index is -3.86. The Morgan fingerprint density at radius 2 is 0.897 bits per heavy atom. The number of nitrogens with zero attached hydrogens (tertiary/aromatic N) is 1. The molecule has 0 bridgehead atoms. The molecule has 196 valence electrons. The normalized spacial score (nSPS) is 11.8. The van der Waals surface area contributed by atoms with Crippen LogP contribution < -0.4 is 32.1 Å². The summed E-state index contributed by atoms with van der Waals surface area (Å²) >= 11 is 0. The highest BCUT2D eigenvalue weighted by atomic mass is 32.2. The second-order valence-corrected chi connectivity index (χ2v) is 13.7. The van der Waals surface area contributed by atoms with E-state index < -0.39 is 23.2 Å². The van der Waals surface area contributed by atoms with Crippen molar-refractivity contribution in [2.24, 2.45) is 4.40 Å². The van der Waals surface area contributed by atoms with Gasteiger partial charge in [0.1, 0.15) is 28.5 Å². The van der Waals surface area contributed by atoms with Crippen molar-refractivity contribution in [3.63, 3.8) is 0 Å². The number of rotatable bonds is 6. The Bertz CT molecular complexity index is 1440. The number of benzene rings is 5. The molecule has 0 aliphatic heterocycles. The second-order valence-electron chi connectivity index (χ2n) is 8.67. The van der Waals surface area contributed by atoms with E-state index in [4.69, 9.17) is 5.73 Å². The quantitative estimate of drug-likeness (QED) is 0.149. The summed E-state index contributed by atoms with van der Waals surface area (Å²) in [7, 11) is -5.76. The SMILES string of the molecule is CC([O-])=NS(=O)(=O)c1ccc(N)cc1.c1ccc([P+](c2ccccc2)(c2ccccc2)c2ccccc2)cc1. The molecule has 0 aliphatic rings. The molecule has 0 aliphatic carbocycles. The first-order chi connectivity index (χ1) is 18.8. The molecule has 0 fully saturated rings. The first-order valence-electron chi connectivity index (χ1n) is 12.3. The lowest BCUT2D eigenvalue weighted by atomic mass is 10.3. The van der Waals surface area contributed by atoms with E-state index in [1.165, 1.54) is 45.5 Å². The molecule has 0 atom stereocenters. The molecule has 0 amide bonds. The van der Waals surface area contributed by atoms with E-state index >= 15 is 0 Å². The summed E-state index contributed by atoms with van der Waals surface area (Å²) in [6.45, 7) is 1.08. The average molecular weight is 553 g/mol. The van der Waals surface area contributed by atoms with Crippen LogP contribution in [0.5, 0.6) is 0 Å². The Hall–Kier alpha value is -4.25. The molecule has 7 heteroatoms. The average Bonchev–Trinajstić information content (AvgIpc) is 2.96. The van der Waals surface area contributed by atoms with Gasteiger partial charge < -0.3 is 10.8 Å². The lowest BCUT2D eigenvalue weighted by Crippen LogP contribution is -2.38. The fourth-order valence-electron chi connectivity index (χ4n) is 4.36. The van der Waals surface area contributed by atoms with E-state index in [9.17, 15) is 13.5 Å². The minimum Gasteiger partial charge on any atom is -0.861 e. The van der Waals surface area contributed by atoms with Gasteiger partial charge in [-0.15, -0.1) is 0 Å². The highest BCUT2D eigenvalue weighted by molar-refractivity contribution is 8.01. The molecular weight excluding hydrogens is 523 g/mol. The number of nitrogens with two attached hydrogens (primary N) is 1. The van der Waals surface area contributed by atoms with Gasteiger partial charge in [-0.3, -0.25) is 0 Å². The number of hydrogen-bond acceptors (Lipinski definition) is 4. The van der Waals surface area contributed by atoms with Gasteiger partial charge in [0.25, 0.3) is 10.0 Å². The Morgan fingerprint density at radius 1 is 0.590 bits per heavy atom. The van der Waals surface area contributed by atoms with Crippen LogP contribution in [0.25, 0.3) is 0 Å². The molecule has 39 heavy (non-hydrogen) atoms. The van der Waals surface area contributed by atoms with Gasteiger partial charge in [-0.2, -0.15) is 12.8 Å². The zero-order valence-electron chi connectivity index (χ0n) is 21.5. The summed E-state index contributed by atoms with van der Waals surface area (Å²) in [5.41, 5.74) is 5.83. The largest absolute Gasteiger partial charge is 0.861 e. The van der Waals surface area contributed by atoms with E-state index in [0.29, 0.717) is 5.69 Å². The molecule has 0 radical (unpaired) electrons. The third kappa shape index (κ3) is 6.43. The Kier molecular flexibility index (Phi) is 8.92. The number of sulfonamides is 1. The summed E-state index contributed by atoms with van der Waals surface area (Å²) in [5.74, 6) is -0.748. The third-order valence-electron chi connectivity index (χ3n) is 6.00. The van der Waals surface area contributed by atoms with Crippen LogP contribution in [-0.2, 0) is 10.0 Å². The first kappa shape index (κ1) is 27.8. The van der Waals surface area contributed by atoms with E-state index in [0.717, 1.165) is 6.92 Å². The minimum absolute atomic E-state index is 0.0399. The van der Waals surface area contributed by atoms with Crippen molar-refractivity contribution in [3.8, 4) is 0 Å². The van der Waals surface area contributed by atoms with Gasteiger partial charge in [0, 0.05) is 5.69 Å². The topological polar surface area (TPSA) is 95.6 Å². The van der Waals surface area contributed by atoms with Gasteiger partial charge in [-0.25, -0.2) is 0 Å². The molecule has 0 saturated heterocycles. The van der Waals surface area contributed by atoms with Crippen molar-refractivity contribution >= 4 is 50.1 Å². The summed E-state index contributed by atoms with van der Waals surface area (Å²) in [4.78, 5) is -0.0399. The summed E-state index contributed by atoms with van der Waals surface area (Å²) in [6.07, 6.45) is 0. The molecule has 0 aromatic heterocycles. The van der Waals surface area contributed by atoms with Crippen LogP contribution in [0.15, 0.2) is 155 Å². The maximum atomic E-state index is 11.3. The predicted octanol–water partition coefficient (Wildman–Crippen LogP) is 4.04. The Labute approximate surface area is 230 Å². The van der Waals surface area contributed by atoms with Crippen molar-refractivity contribution in [2.75, 3.05) is 5.73 Å². The molecular formula is C32H29N2O3PS. The number of hydrogen-bond donors (Lipinski definition) is 1. The van der Waals surface area contributed by atoms with Crippen LogP contribution in [0, 0.1) is 0 Å². The highest BCUT2D eigenvalue weighted by Gasteiger charge is 2.47. The third-order valence-corrected chi connectivity index (χ3v) is 11.7. The van der Waals surface area contributed by atoms with Crippen molar-refractivity contribution < 1.29 is 13.5 Å². The van der Waals surface area contributed by atoms with E-state index in [1.807, 2.05) is 0 Å². The monoisotopic (exact) mass is 552 g/mol. The molecule has 5 aromatic rings. The lowest BCUT2D eigenvalue weighted by molar-refractivity contribution is -0.215. The molecule has 0 unspecified atom stereocenters. The second kappa shape index (κ2) is 12.5. The van der Waals surface area contributed by atoms with Crippen LogP contribution in [0.4, 0.5) is 5.69 Å². The summed E-state index contributed by atoms with van der Waals surface area (Å²) in [5, 5.41) is 16.1. The standard InChI is InChI=1S/C24H20P.C8H10N2O3S/c1-5-13-21(14-6-1)25(22-15-7-2-8-16-22,23-17-9-3-10-18-23)24-19-11-4-12-20-24;1-6(11)10-14(12,13)8-4-2-7(9)3-5-8/h1-20H;2-5H,9H2,1H3,(H,10,11)/q+1;/p-1. The van der Waals surface area contributed by atoms with Crippen LogP contribution in [0.2, 0.25) is 0 Å². The van der Waals surface area contributed by atoms with Crippen molar-refractivity contribution in [1.82, 2.24) is 0 Å². The Morgan fingerprint density at radius 3 is 1.18 bits per heavy atom. The zero-order valence-corrected chi connectivity index (χ0v) is 23.2. The molecule has 0 saturated carbocycles. The lowest BCUT2D eigenvalue weighted by Gasteiger charge is -2.27. The maximum absolute atomic E-state index is 11.3. The number of nitrogen functional groups attached to an aromatic ring is 1. The molecule has 5 nitrogen and oxygen atoms in total. The zero-order chi connectivity index (χ0) is 27.7. The van der Waals surface area contributed by atoms with Gasteiger partial charge in [0.2, 0.25) is 0 Å². The maximum Gasteiger partial charge on any atom is 0.281 e. The molecule has 5 aromatic carbocycles. The molecule has 0 heterocycles. The van der Waals surface area contributed by atoms with Crippen molar-refractivity contribution in [3.05, 3.63) is 146 Å². The predicted molar refractivity (Wildman–Crippen MR) is 162 cm³/mol. The summed E-state index contributed by atoms with van der Waals surface area (Å²) < 4.78 is 25.7. The number of anilines is 1. The molecule has 2 N–H and O–H groups in total. The van der Waals surface area contributed by atoms with Crippen molar-refractivity contribution in [1.29, 1.82) is 0 Å². The first-order valence-corrected chi connectivity index (χ1v) is 15.5. The van der Waals surface area contributed by atoms with Crippen molar-refractivity contribution in [2.45, 2.75) is 11.8 Å². The fourth-order valence-corrected chi connectivity index (χ4v) is 9.55. The van der Waals surface area contributed by atoms with Crippen LogP contribution in [0.1, 0.15) is 6.92 Å². The van der Waals surface area contributed by atoms with Gasteiger partial charge in [-0.05, 0) is 85.6 Å². The van der Waals surface area contributed by atoms with Gasteiger partial charge >= 0.3 is 0 Å². The van der Waals surface area contributed by atoms with Crippen LogP contribution in [0.3, 0.4) is 0 Å². The molecule has 5 rings (SSSR count). The van der Waals surface area contributed by atoms with E-state index in [1.54, 1.807) is 0 Å². The highest BCUT2D eigenvalue weighted by Crippen LogP contribution is 2.53. The smallest absolute Gasteiger partial charge is 0.281 e. The molecule has 0 spiro atoms. The van der Waals surface area contributed by atoms with Crippen LogP contribution >= 0.6 is 7.26 Å². The van der Waals surface area contributed by atoms with E-state index in [2.05, 4.69) is 126 Å². The van der Waals surface area contributed by atoms with Crippen LogP contribution in [-0.4, -0.2) is 14.3 Å². The van der Waals surface area contributed by atoms with Gasteiger partial charge in [0.05, 0.1) is 4.90 Å².